The molecule has 6 heteroatoms. The maximum absolute atomic E-state index is 12.4. The van der Waals surface area contributed by atoms with E-state index in [1.54, 1.807) is 35.0 Å². The summed E-state index contributed by atoms with van der Waals surface area (Å²) in [5.74, 6) is -2.40. The van der Waals surface area contributed by atoms with Gasteiger partial charge in [0.05, 0.1) is 17.7 Å². The van der Waals surface area contributed by atoms with E-state index in [4.69, 9.17) is 0 Å². The zero-order valence-corrected chi connectivity index (χ0v) is 11.3. The van der Waals surface area contributed by atoms with E-state index >= 15 is 0 Å². The van der Waals surface area contributed by atoms with Crippen LogP contribution in [0.25, 0.3) is 0 Å². The van der Waals surface area contributed by atoms with Crippen LogP contribution in [0.15, 0.2) is 34.7 Å². The molecule has 0 atom stereocenters. The monoisotopic (exact) mass is 286 g/mol. The highest BCUT2D eigenvalue weighted by atomic mass is 32.2. The molecule has 0 radical (unpaired) electrons. The minimum absolute atomic E-state index is 0.558. The summed E-state index contributed by atoms with van der Waals surface area (Å²) in [6.07, 6.45) is 0. The molecule has 0 fully saturated rings. The lowest BCUT2D eigenvalue weighted by molar-refractivity contribution is 0.252. The standard InChI is InChI=1S/C12H12F2N2S2/c1-8-11(17-7-16-8)6-15-9-4-2-3-5-10(9)18-12(13)14/h2-5,7,12,15H,6H2,1H3. The first kappa shape index (κ1) is 13.3. The van der Waals surface area contributed by atoms with Crippen LogP contribution in [-0.2, 0) is 6.54 Å². The molecular weight excluding hydrogens is 274 g/mol. The van der Waals surface area contributed by atoms with Crippen LogP contribution in [0.2, 0.25) is 0 Å². The average molecular weight is 286 g/mol. The summed E-state index contributed by atoms with van der Waals surface area (Å²) in [5.41, 5.74) is 3.49. The molecule has 0 aliphatic rings. The lowest BCUT2D eigenvalue weighted by Gasteiger charge is -2.10. The molecule has 0 aliphatic heterocycles. The van der Waals surface area contributed by atoms with Gasteiger partial charge in [-0.15, -0.1) is 11.3 Å². The average Bonchev–Trinajstić information content (AvgIpc) is 2.73. The molecule has 2 rings (SSSR count). The molecular formula is C12H12F2N2S2. The Bertz CT molecular complexity index is 514. The van der Waals surface area contributed by atoms with Gasteiger partial charge < -0.3 is 5.32 Å². The minimum Gasteiger partial charge on any atom is -0.379 e. The van der Waals surface area contributed by atoms with Gasteiger partial charge in [-0.2, -0.15) is 8.78 Å². The van der Waals surface area contributed by atoms with Crippen LogP contribution in [0.3, 0.4) is 0 Å². The zero-order chi connectivity index (χ0) is 13.0. The van der Waals surface area contributed by atoms with Gasteiger partial charge in [0, 0.05) is 15.5 Å². The Morgan fingerprint density at radius 1 is 1.39 bits per heavy atom. The van der Waals surface area contributed by atoms with Crippen LogP contribution >= 0.6 is 23.1 Å². The summed E-state index contributed by atoms with van der Waals surface area (Å²) in [6.45, 7) is 2.55. The molecule has 1 aromatic heterocycles. The second-order valence-electron chi connectivity index (χ2n) is 3.59. The van der Waals surface area contributed by atoms with Crippen LogP contribution in [0.5, 0.6) is 0 Å². The molecule has 2 nitrogen and oxygen atoms in total. The van der Waals surface area contributed by atoms with Crippen LogP contribution < -0.4 is 5.32 Å². The van der Waals surface area contributed by atoms with E-state index in [2.05, 4.69) is 10.3 Å². The molecule has 18 heavy (non-hydrogen) atoms. The first-order chi connectivity index (χ1) is 8.66. The second kappa shape index (κ2) is 6.15. The summed E-state index contributed by atoms with van der Waals surface area (Å²) in [4.78, 5) is 5.83. The number of thioether (sulfide) groups is 1. The number of benzene rings is 1. The predicted octanol–water partition coefficient (Wildman–Crippen LogP) is 4.38. The number of thiazole rings is 1. The summed E-state index contributed by atoms with van der Waals surface area (Å²) >= 11 is 2.12. The largest absolute Gasteiger partial charge is 0.379 e. The second-order valence-corrected chi connectivity index (χ2v) is 5.56. The van der Waals surface area contributed by atoms with Gasteiger partial charge in [-0.05, 0) is 19.1 Å². The molecule has 0 saturated heterocycles. The molecule has 0 spiro atoms. The highest BCUT2D eigenvalue weighted by molar-refractivity contribution is 7.99. The van der Waals surface area contributed by atoms with Crippen molar-refractivity contribution in [2.45, 2.75) is 24.1 Å². The van der Waals surface area contributed by atoms with Crippen LogP contribution in [-0.4, -0.2) is 10.7 Å². The van der Waals surface area contributed by atoms with Gasteiger partial charge in [-0.25, -0.2) is 4.98 Å². The number of anilines is 1. The van der Waals surface area contributed by atoms with Crippen molar-refractivity contribution in [1.29, 1.82) is 0 Å². The molecule has 2 aromatic rings. The number of alkyl halides is 2. The van der Waals surface area contributed by atoms with E-state index < -0.39 is 5.76 Å². The third kappa shape index (κ3) is 3.43. The topological polar surface area (TPSA) is 24.9 Å². The number of aryl methyl sites for hydroxylation is 1. The van der Waals surface area contributed by atoms with Crippen LogP contribution in [0.4, 0.5) is 14.5 Å². The zero-order valence-electron chi connectivity index (χ0n) is 9.69. The van der Waals surface area contributed by atoms with Crippen molar-refractivity contribution in [2.75, 3.05) is 5.32 Å². The normalized spacial score (nSPS) is 10.9. The van der Waals surface area contributed by atoms with Crippen molar-refractivity contribution in [1.82, 2.24) is 4.98 Å². The van der Waals surface area contributed by atoms with E-state index in [1.165, 1.54) is 0 Å². The fourth-order valence-corrected chi connectivity index (χ4v) is 2.82. The van der Waals surface area contributed by atoms with Gasteiger partial charge in [-0.1, -0.05) is 23.9 Å². The van der Waals surface area contributed by atoms with Crippen molar-refractivity contribution in [3.63, 3.8) is 0 Å². The number of rotatable bonds is 5. The third-order valence-electron chi connectivity index (χ3n) is 2.39. The predicted molar refractivity (Wildman–Crippen MR) is 72.5 cm³/mol. The SMILES string of the molecule is Cc1ncsc1CNc1ccccc1SC(F)F. The summed E-state index contributed by atoms with van der Waals surface area (Å²) in [7, 11) is 0. The molecule has 0 unspecified atom stereocenters. The quantitative estimate of drug-likeness (QED) is 0.826. The Hall–Kier alpha value is -1.14. The maximum Gasteiger partial charge on any atom is 0.288 e. The molecule has 0 saturated carbocycles. The maximum atomic E-state index is 12.4. The Morgan fingerprint density at radius 3 is 2.83 bits per heavy atom. The van der Waals surface area contributed by atoms with Gasteiger partial charge in [0.1, 0.15) is 0 Å². The highest BCUT2D eigenvalue weighted by Crippen LogP contribution is 2.32. The highest BCUT2D eigenvalue weighted by Gasteiger charge is 2.10. The first-order valence-electron chi connectivity index (χ1n) is 5.33. The number of hydrogen-bond acceptors (Lipinski definition) is 4. The van der Waals surface area contributed by atoms with Crippen molar-refractivity contribution in [3.05, 3.63) is 40.3 Å². The number of para-hydroxylation sites is 1. The van der Waals surface area contributed by atoms with Crippen molar-refractivity contribution < 1.29 is 8.78 Å². The van der Waals surface area contributed by atoms with Gasteiger partial charge >= 0.3 is 0 Å². The van der Waals surface area contributed by atoms with Crippen molar-refractivity contribution in [3.8, 4) is 0 Å². The molecule has 0 amide bonds. The Labute approximate surface area is 112 Å². The van der Waals surface area contributed by atoms with Gasteiger partial charge in [-0.3, -0.25) is 0 Å². The number of nitrogens with zero attached hydrogens (tertiary/aromatic N) is 1. The molecule has 0 aliphatic carbocycles. The van der Waals surface area contributed by atoms with Gasteiger partial charge in [0.25, 0.3) is 5.76 Å². The summed E-state index contributed by atoms with van der Waals surface area (Å²) in [6, 6.07) is 7.09. The Kier molecular flexibility index (Phi) is 4.54. The molecule has 0 bridgehead atoms. The minimum atomic E-state index is -2.40. The summed E-state index contributed by atoms with van der Waals surface area (Å²) < 4.78 is 24.8. The van der Waals surface area contributed by atoms with Gasteiger partial charge in [0.2, 0.25) is 0 Å². The number of halogens is 2. The van der Waals surface area contributed by atoms with Crippen LogP contribution in [0, 0.1) is 6.92 Å². The summed E-state index contributed by atoms with van der Waals surface area (Å²) in [5, 5.41) is 3.18. The fourth-order valence-electron chi connectivity index (χ4n) is 1.48. The molecule has 96 valence electrons. The smallest absolute Gasteiger partial charge is 0.288 e. The third-order valence-corrected chi connectivity index (χ3v) is 4.11. The molecule has 1 aromatic carbocycles. The Morgan fingerprint density at radius 2 is 2.17 bits per heavy atom. The van der Waals surface area contributed by atoms with Gasteiger partial charge in [0.15, 0.2) is 0 Å². The number of aromatic nitrogens is 1. The lowest BCUT2D eigenvalue weighted by atomic mass is 10.3. The van der Waals surface area contributed by atoms with E-state index in [0.717, 1.165) is 16.3 Å². The first-order valence-corrected chi connectivity index (χ1v) is 7.09. The van der Waals surface area contributed by atoms with E-state index in [0.29, 0.717) is 23.2 Å². The fraction of sp³-hybridized carbons (Fsp3) is 0.250. The van der Waals surface area contributed by atoms with E-state index in [9.17, 15) is 8.78 Å². The lowest BCUT2D eigenvalue weighted by Crippen LogP contribution is -2.00. The van der Waals surface area contributed by atoms with Crippen molar-refractivity contribution in [2.24, 2.45) is 0 Å². The number of nitrogens with one attached hydrogen (secondary N) is 1. The van der Waals surface area contributed by atoms with Crippen LogP contribution in [0.1, 0.15) is 10.6 Å². The Balaban J connectivity index is 2.07. The van der Waals surface area contributed by atoms with E-state index in [1.807, 2.05) is 13.0 Å². The van der Waals surface area contributed by atoms with E-state index in [-0.39, 0.29) is 0 Å². The molecule has 1 N–H and O–H groups in total. The molecule has 1 heterocycles. The number of hydrogen-bond donors (Lipinski definition) is 1. The van der Waals surface area contributed by atoms with Crippen molar-refractivity contribution >= 4 is 28.8 Å².